The van der Waals surface area contributed by atoms with Gasteiger partial charge in [-0.2, -0.15) is 0 Å². The monoisotopic (exact) mass is 182 g/mol. The first-order valence-electron chi connectivity index (χ1n) is 4.26. The molecule has 0 aliphatic carbocycles. The number of aryl methyl sites for hydroxylation is 1. The van der Waals surface area contributed by atoms with Gasteiger partial charge in [0, 0.05) is 5.56 Å². The van der Waals surface area contributed by atoms with Crippen LogP contribution in [0.25, 0.3) is 0 Å². The SMILES string of the molecule is CCC(O)c1cc(O)c(C)cc1O. The Balaban J connectivity index is 3.15. The molecule has 0 aliphatic heterocycles. The molecule has 0 spiro atoms. The molecule has 0 aliphatic rings. The van der Waals surface area contributed by atoms with Crippen LogP contribution in [0.5, 0.6) is 11.5 Å². The summed E-state index contributed by atoms with van der Waals surface area (Å²) in [5.74, 6) is 0.130. The van der Waals surface area contributed by atoms with E-state index in [1.165, 1.54) is 12.1 Å². The highest BCUT2D eigenvalue weighted by molar-refractivity contribution is 5.45. The maximum atomic E-state index is 9.45. The zero-order valence-electron chi connectivity index (χ0n) is 7.78. The summed E-state index contributed by atoms with van der Waals surface area (Å²) in [5.41, 5.74) is 0.982. The molecule has 1 aromatic carbocycles. The number of hydrogen-bond donors (Lipinski definition) is 3. The van der Waals surface area contributed by atoms with Crippen LogP contribution < -0.4 is 0 Å². The van der Waals surface area contributed by atoms with Gasteiger partial charge in [-0.1, -0.05) is 6.92 Å². The largest absolute Gasteiger partial charge is 0.508 e. The first-order chi connectivity index (χ1) is 6.06. The fourth-order valence-corrected chi connectivity index (χ4v) is 1.18. The summed E-state index contributed by atoms with van der Waals surface area (Å²) in [6.07, 6.45) is -0.206. The summed E-state index contributed by atoms with van der Waals surface area (Å²) in [7, 11) is 0. The fourth-order valence-electron chi connectivity index (χ4n) is 1.18. The van der Waals surface area contributed by atoms with E-state index in [2.05, 4.69) is 0 Å². The van der Waals surface area contributed by atoms with E-state index in [-0.39, 0.29) is 11.5 Å². The van der Waals surface area contributed by atoms with Crippen LogP contribution in [0.3, 0.4) is 0 Å². The van der Waals surface area contributed by atoms with Crippen LogP contribution in [0.1, 0.15) is 30.6 Å². The molecule has 0 radical (unpaired) electrons. The smallest absolute Gasteiger partial charge is 0.121 e. The number of phenolic OH excluding ortho intramolecular Hbond substituents is 2. The summed E-state index contributed by atoms with van der Waals surface area (Å²) in [6, 6.07) is 2.85. The van der Waals surface area contributed by atoms with Gasteiger partial charge in [-0.3, -0.25) is 0 Å². The van der Waals surface area contributed by atoms with Gasteiger partial charge < -0.3 is 15.3 Å². The molecule has 0 aromatic heterocycles. The highest BCUT2D eigenvalue weighted by Gasteiger charge is 2.12. The van der Waals surface area contributed by atoms with Crippen molar-refractivity contribution in [3.8, 4) is 11.5 Å². The molecule has 3 N–H and O–H groups in total. The average molecular weight is 182 g/mol. The van der Waals surface area contributed by atoms with Crippen molar-refractivity contribution >= 4 is 0 Å². The second-order valence-electron chi connectivity index (χ2n) is 3.12. The van der Waals surface area contributed by atoms with Crippen LogP contribution in [0.2, 0.25) is 0 Å². The minimum atomic E-state index is -0.716. The standard InChI is InChI=1S/C10H14O3/c1-3-8(11)7-5-9(12)6(2)4-10(7)13/h4-5,8,11-13H,3H2,1-2H3. The van der Waals surface area contributed by atoms with Crippen molar-refractivity contribution in [1.29, 1.82) is 0 Å². The minimum Gasteiger partial charge on any atom is -0.508 e. The van der Waals surface area contributed by atoms with Crippen molar-refractivity contribution in [2.75, 3.05) is 0 Å². The van der Waals surface area contributed by atoms with Crippen molar-refractivity contribution in [2.24, 2.45) is 0 Å². The Labute approximate surface area is 77.3 Å². The number of aromatic hydroxyl groups is 2. The quantitative estimate of drug-likeness (QED) is 0.612. The van der Waals surface area contributed by atoms with E-state index in [0.29, 0.717) is 17.5 Å². The van der Waals surface area contributed by atoms with Crippen molar-refractivity contribution < 1.29 is 15.3 Å². The van der Waals surface area contributed by atoms with Crippen LogP contribution in [-0.4, -0.2) is 15.3 Å². The number of rotatable bonds is 2. The molecule has 1 aromatic rings. The van der Waals surface area contributed by atoms with E-state index in [1.807, 2.05) is 0 Å². The molecule has 3 heteroatoms. The van der Waals surface area contributed by atoms with Gasteiger partial charge in [0.2, 0.25) is 0 Å². The lowest BCUT2D eigenvalue weighted by molar-refractivity contribution is 0.169. The first-order valence-corrected chi connectivity index (χ1v) is 4.26. The molecule has 13 heavy (non-hydrogen) atoms. The van der Waals surface area contributed by atoms with Crippen LogP contribution in [0.4, 0.5) is 0 Å². The normalized spacial score (nSPS) is 12.8. The summed E-state index contributed by atoms with van der Waals surface area (Å²) in [6.45, 7) is 3.50. The van der Waals surface area contributed by atoms with Crippen LogP contribution >= 0.6 is 0 Å². The highest BCUT2D eigenvalue weighted by Crippen LogP contribution is 2.31. The Hall–Kier alpha value is -1.22. The molecule has 1 atom stereocenters. The van der Waals surface area contributed by atoms with Crippen LogP contribution in [-0.2, 0) is 0 Å². The molecular formula is C10H14O3. The van der Waals surface area contributed by atoms with Gasteiger partial charge in [-0.15, -0.1) is 0 Å². The summed E-state index contributed by atoms with van der Waals surface area (Å²) >= 11 is 0. The van der Waals surface area contributed by atoms with E-state index in [4.69, 9.17) is 0 Å². The Morgan fingerprint density at radius 1 is 1.23 bits per heavy atom. The lowest BCUT2D eigenvalue weighted by Crippen LogP contribution is -1.96. The Bertz CT molecular complexity index is 307. The van der Waals surface area contributed by atoms with Gasteiger partial charge >= 0.3 is 0 Å². The maximum absolute atomic E-state index is 9.45. The van der Waals surface area contributed by atoms with Gasteiger partial charge in [-0.25, -0.2) is 0 Å². The van der Waals surface area contributed by atoms with Gasteiger partial charge in [0.25, 0.3) is 0 Å². The fraction of sp³-hybridized carbons (Fsp3) is 0.400. The molecule has 0 saturated heterocycles. The molecular weight excluding hydrogens is 168 g/mol. The maximum Gasteiger partial charge on any atom is 0.121 e. The van der Waals surface area contributed by atoms with Crippen molar-refractivity contribution in [1.82, 2.24) is 0 Å². The third-order valence-corrected chi connectivity index (χ3v) is 2.09. The third-order valence-electron chi connectivity index (χ3n) is 2.09. The van der Waals surface area contributed by atoms with E-state index < -0.39 is 6.10 Å². The molecule has 0 saturated carbocycles. The molecule has 0 heterocycles. The number of aliphatic hydroxyl groups is 1. The van der Waals surface area contributed by atoms with E-state index in [0.717, 1.165) is 0 Å². The number of benzene rings is 1. The lowest BCUT2D eigenvalue weighted by Gasteiger charge is -2.11. The minimum absolute atomic E-state index is 0.0321. The summed E-state index contributed by atoms with van der Waals surface area (Å²) in [5, 5.41) is 28.2. The van der Waals surface area contributed by atoms with Crippen molar-refractivity contribution in [3.63, 3.8) is 0 Å². The Morgan fingerprint density at radius 3 is 2.38 bits per heavy atom. The average Bonchev–Trinajstić information content (AvgIpc) is 2.10. The van der Waals surface area contributed by atoms with Crippen molar-refractivity contribution in [3.05, 3.63) is 23.3 Å². The second kappa shape index (κ2) is 3.66. The van der Waals surface area contributed by atoms with Gasteiger partial charge in [0.1, 0.15) is 11.5 Å². The zero-order chi connectivity index (χ0) is 10.0. The molecule has 72 valence electrons. The predicted molar refractivity (Wildman–Crippen MR) is 49.8 cm³/mol. The topological polar surface area (TPSA) is 60.7 Å². The van der Waals surface area contributed by atoms with Crippen molar-refractivity contribution in [2.45, 2.75) is 26.4 Å². The summed E-state index contributed by atoms with van der Waals surface area (Å²) in [4.78, 5) is 0. The van der Waals surface area contributed by atoms with E-state index in [9.17, 15) is 15.3 Å². The van der Waals surface area contributed by atoms with Gasteiger partial charge in [0.15, 0.2) is 0 Å². The molecule has 1 rings (SSSR count). The third kappa shape index (κ3) is 1.92. The molecule has 3 nitrogen and oxygen atoms in total. The van der Waals surface area contributed by atoms with Crippen LogP contribution in [0.15, 0.2) is 12.1 Å². The predicted octanol–water partition coefficient (Wildman–Crippen LogP) is 1.85. The number of aliphatic hydroxyl groups excluding tert-OH is 1. The molecule has 0 amide bonds. The Morgan fingerprint density at radius 2 is 1.85 bits per heavy atom. The van der Waals surface area contributed by atoms with Crippen LogP contribution in [0, 0.1) is 6.92 Å². The molecule has 1 unspecified atom stereocenters. The number of phenols is 2. The van der Waals surface area contributed by atoms with Gasteiger partial charge in [0.05, 0.1) is 6.10 Å². The van der Waals surface area contributed by atoms with E-state index in [1.54, 1.807) is 13.8 Å². The Kier molecular flexibility index (Phi) is 2.78. The molecule has 0 bridgehead atoms. The first kappa shape index (κ1) is 9.86. The van der Waals surface area contributed by atoms with E-state index >= 15 is 0 Å². The summed E-state index contributed by atoms with van der Waals surface area (Å²) < 4.78 is 0. The van der Waals surface area contributed by atoms with Gasteiger partial charge in [-0.05, 0) is 31.0 Å². The zero-order valence-corrected chi connectivity index (χ0v) is 7.78. The second-order valence-corrected chi connectivity index (χ2v) is 3.12. The molecule has 0 fully saturated rings. The number of hydrogen-bond acceptors (Lipinski definition) is 3. The lowest BCUT2D eigenvalue weighted by atomic mass is 10.0. The highest BCUT2D eigenvalue weighted by atomic mass is 16.3.